The lowest BCUT2D eigenvalue weighted by atomic mass is 9.87. The molecule has 0 spiro atoms. The molecule has 3 N–H and O–H groups in total. The Morgan fingerprint density at radius 3 is 2.53 bits per heavy atom. The molecule has 1 aromatic carbocycles. The summed E-state index contributed by atoms with van der Waals surface area (Å²) in [6, 6.07) is 9.47. The highest BCUT2D eigenvalue weighted by Crippen LogP contribution is 2.23. The minimum absolute atomic E-state index is 0.0120. The molecule has 0 unspecified atom stereocenters. The van der Waals surface area contributed by atoms with E-state index in [0.717, 1.165) is 37.9 Å². The Balaban J connectivity index is 1.62. The first-order valence-electron chi connectivity index (χ1n) is 6.97. The van der Waals surface area contributed by atoms with Crippen LogP contribution in [0.25, 0.3) is 0 Å². The summed E-state index contributed by atoms with van der Waals surface area (Å²) in [6.45, 7) is 1.20. The van der Waals surface area contributed by atoms with E-state index in [2.05, 4.69) is 10.6 Å². The zero-order chi connectivity index (χ0) is 13.5. The Hall–Kier alpha value is -1.39. The molecule has 0 radical (unpaired) electrons. The summed E-state index contributed by atoms with van der Waals surface area (Å²) in [5, 5.41) is 15.5. The van der Waals surface area contributed by atoms with Crippen molar-refractivity contribution >= 4 is 11.6 Å². The van der Waals surface area contributed by atoms with Crippen LogP contribution < -0.4 is 10.6 Å². The first-order valence-corrected chi connectivity index (χ1v) is 6.97. The number of para-hydroxylation sites is 1. The van der Waals surface area contributed by atoms with Crippen LogP contribution >= 0.6 is 0 Å². The second kappa shape index (κ2) is 7.26. The molecule has 0 aromatic heterocycles. The van der Waals surface area contributed by atoms with Crippen LogP contribution in [0.15, 0.2) is 30.3 Å². The third-order valence-corrected chi connectivity index (χ3v) is 3.59. The molecule has 1 aliphatic carbocycles. The lowest BCUT2D eigenvalue weighted by molar-refractivity contribution is -0.115. The van der Waals surface area contributed by atoms with Gasteiger partial charge in [-0.3, -0.25) is 4.79 Å². The van der Waals surface area contributed by atoms with Crippen molar-refractivity contribution < 1.29 is 9.90 Å². The molecule has 2 rings (SSSR count). The van der Waals surface area contributed by atoms with Crippen molar-refractivity contribution in [2.75, 3.05) is 18.4 Å². The third-order valence-electron chi connectivity index (χ3n) is 3.59. The molecular weight excluding hydrogens is 240 g/mol. The maximum absolute atomic E-state index is 11.7. The SMILES string of the molecule is O=C(CNCC1CCC(O)CC1)Nc1ccccc1. The van der Waals surface area contributed by atoms with Gasteiger partial charge in [-0.05, 0) is 50.3 Å². The van der Waals surface area contributed by atoms with E-state index < -0.39 is 0 Å². The number of carbonyl (C=O) groups is 1. The lowest BCUT2D eigenvalue weighted by Crippen LogP contribution is -2.33. The Bertz CT molecular complexity index is 386. The van der Waals surface area contributed by atoms with Gasteiger partial charge >= 0.3 is 0 Å². The molecule has 4 heteroatoms. The monoisotopic (exact) mass is 262 g/mol. The average Bonchev–Trinajstić information content (AvgIpc) is 2.42. The number of amides is 1. The van der Waals surface area contributed by atoms with Gasteiger partial charge in [0.25, 0.3) is 0 Å². The van der Waals surface area contributed by atoms with Gasteiger partial charge in [0.05, 0.1) is 12.6 Å². The van der Waals surface area contributed by atoms with Crippen molar-refractivity contribution in [2.24, 2.45) is 5.92 Å². The van der Waals surface area contributed by atoms with Crippen LogP contribution in [0.3, 0.4) is 0 Å². The highest BCUT2D eigenvalue weighted by molar-refractivity contribution is 5.92. The number of hydrogen-bond donors (Lipinski definition) is 3. The Labute approximate surface area is 114 Å². The van der Waals surface area contributed by atoms with E-state index in [1.54, 1.807) is 0 Å². The summed E-state index contributed by atoms with van der Waals surface area (Å²) >= 11 is 0. The number of aliphatic hydroxyl groups is 1. The highest BCUT2D eigenvalue weighted by Gasteiger charge is 2.18. The standard InChI is InChI=1S/C15H22N2O2/c18-14-8-6-12(7-9-14)10-16-11-15(19)17-13-4-2-1-3-5-13/h1-5,12,14,16,18H,6-11H2,(H,17,19). The average molecular weight is 262 g/mol. The second-order valence-corrected chi connectivity index (χ2v) is 5.22. The summed E-state index contributed by atoms with van der Waals surface area (Å²) in [7, 11) is 0. The lowest BCUT2D eigenvalue weighted by Gasteiger charge is -2.25. The zero-order valence-electron chi connectivity index (χ0n) is 11.1. The van der Waals surface area contributed by atoms with Gasteiger partial charge in [-0.15, -0.1) is 0 Å². The van der Waals surface area contributed by atoms with Gasteiger partial charge in [-0.1, -0.05) is 18.2 Å². The van der Waals surface area contributed by atoms with Crippen LogP contribution in [-0.2, 0) is 4.79 Å². The van der Waals surface area contributed by atoms with Gasteiger partial charge in [-0.25, -0.2) is 0 Å². The molecule has 0 saturated heterocycles. The predicted octanol–water partition coefficient (Wildman–Crippen LogP) is 1.77. The molecular formula is C15H22N2O2. The van der Waals surface area contributed by atoms with Crippen LogP contribution in [0, 0.1) is 5.92 Å². The number of benzene rings is 1. The number of aliphatic hydroxyl groups excluding tert-OH is 1. The van der Waals surface area contributed by atoms with Gasteiger partial charge in [0.1, 0.15) is 0 Å². The Morgan fingerprint density at radius 1 is 1.16 bits per heavy atom. The van der Waals surface area contributed by atoms with Crippen LogP contribution in [0.2, 0.25) is 0 Å². The quantitative estimate of drug-likeness (QED) is 0.758. The minimum atomic E-state index is -0.113. The fraction of sp³-hybridized carbons (Fsp3) is 0.533. The normalized spacial score (nSPS) is 23.0. The molecule has 1 saturated carbocycles. The molecule has 0 bridgehead atoms. The summed E-state index contributed by atoms with van der Waals surface area (Å²) in [4.78, 5) is 11.7. The van der Waals surface area contributed by atoms with Gasteiger partial charge in [-0.2, -0.15) is 0 Å². The van der Waals surface area contributed by atoms with Crippen LogP contribution in [0.1, 0.15) is 25.7 Å². The van der Waals surface area contributed by atoms with Crippen molar-refractivity contribution in [1.82, 2.24) is 5.32 Å². The van der Waals surface area contributed by atoms with Crippen molar-refractivity contribution in [2.45, 2.75) is 31.8 Å². The number of rotatable bonds is 5. The number of anilines is 1. The van der Waals surface area contributed by atoms with Gasteiger partial charge in [0.15, 0.2) is 0 Å². The maximum atomic E-state index is 11.7. The van der Waals surface area contributed by atoms with Crippen LogP contribution in [0.5, 0.6) is 0 Å². The van der Waals surface area contributed by atoms with Crippen molar-refractivity contribution in [3.63, 3.8) is 0 Å². The van der Waals surface area contributed by atoms with E-state index in [1.807, 2.05) is 30.3 Å². The number of nitrogens with one attached hydrogen (secondary N) is 2. The molecule has 104 valence electrons. The number of hydrogen-bond acceptors (Lipinski definition) is 3. The van der Waals surface area contributed by atoms with Gasteiger partial charge in [0.2, 0.25) is 5.91 Å². The number of carbonyl (C=O) groups excluding carboxylic acids is 1. The fourth-order valence-corrected chi connectivity index (χ4v) is 2.47. The topological polar surface area (TPSA) is 61.4 Å². The van der Waals surface area contributed by atoms with Crippen LogP contribution in [-0.4, -0.2) is 30.2 Å². The van der Waals surface area contributed by atoms with Crippen molar-refractivity contribution in [1.29, 1.82) is 0 Å². The van der Waals surface area contributed by atoms with Crippen molar-refractivity contribution in [3.05, 3.63) is 30.3 Å². The molecule has 19 heavy (non-hydrogen) atoms. The van der Waals surface area contributed by atoms with Crippen LogP contribution in [0.4, 0.5) is 5.69 Å². The zero-order valence-corrected chi connectivity index (χ0v) is 11.1. The predicted molar refractivity (Wildman–Crippen MR) is 75.9 cm³/mol. The van der Waals surface area contributed by atoms with E-state index in [1.165, 1.54) is 0 Å². The molecule has 1 fully saturated rings. The molecule has 4 nitrogen and oxygen atoms in total. The Kier molecular flexibility index (Phi) is 5.36. The molecule has 0 atom stereocenters. The first-order chi connectivity index (χ1) is 9.24. The minimum Gasteiger partial charge on any atom is -0.393 e. The smallest absolute Gasteiger partial charge is 0.238 e. The first kappa shape index (κ1) is 14.0. The molecule has 1 amide bonds. The molecule has 1 aromatic rings. The molecule has 1 aliphatic rings. The van der Waals surface area contributed by atoms with E-state index in [-0.39, 0.29) is 12.0 Å². The maximum Gasteiger partial charge on any atom is 0.238 e. The summed E-state index contributed by atoms with van der Waals surface area (Å²) in [5.41, 5.74) is 0.829. The Morgan fingerprint density at radius 2 is 1.84 bits per heavy atom. The summed E-state index contributed by atoms with van der Waals surface area (Å²) in [6.07, 6.45) is 3.77. The largest absolute Gasteiger partial charge is 0.393 e. The summed E-state index contributed by atoms with van der Waals surface area (Å²) < 4.78 is 0. The van der Waals surface area contributed by atoms with E-state index in [4.69, 9.17) is 0 Å². The van der Waals surface area contributed by atoms with E-state index in [9.17, 15) is 9.90 Å². The van der Waals surface area contributed by atoms with Crippen molar-refractivity contribution in [3.8, 4) is 0 Å². The third kappa shape index (κ3) is 5.01. The van der Waals surface area contributed by atoms with E-state index in [0.29, 0.717) is 12.5 Å². The second-order valence-electron chi connectivity index (χ2n) is 5.22. The molecule has 0 heterocycles. The summed E-state index contributed by atoms with van der Waals surface area (Å²) in [5.74, 6) is 0.579. The molecule has 0 aliphatic heterocycles. The highest BCUT2D eigenvalue weighted by atomic mass is 16.3. The van der Waals surface area contributed by atoms with E-state index >= 15 is 0 Å². The van der Waals surface area contributed by atoms with Gasteiger partial charge in [0, 0.05) is 5.69 Å². The fourth-order valence-electron chi connectivity index (χ4n) is 2.47. The van der Waals surface area contributed by atoms with Gasteiger partial charge < -0.3 is 15.7 Å².